The lowest BCUT2D eigenvalue weighted by atomic mass is 10.0. The monoisotopic (exact) mass is 308 g/mol. The van der Waals surface area contributed by atoms with E-state index in [2.05, 4.69) is 0 Å². The van der Waals surface area contributed by atoms with Gasteiger partial charge >= 0.3 is 0 Å². The molecule has 0 bridgehead atoms. The van der Waals surface area contributed by atoms with Crippen molar-refractivity contribution in [3.05, 3.63) is 59.7 Å². The van der Waals surface area contributed by atoms with Crippen LogP contribution in [-0.4, -0.2) is 14.3 Å². The van der Waals surface area contributed by atoms with Gasteiger partial charge in [0.15, 0.2) is 0 Å². The molecule has 1 unspecified atom stereocenters. The van der Waals surface area contributed by atoms with E-state index in [0.29, 0.717) is 15.7 Å². The van der Waals surface area contributed by atoms with Crippen molar-refractivity contribution in [2.24, 2.45) is 0 Å². The molecule has 0 saturated heterocycles. The fourth-order valence-electron chi connectivity index (χ4n) is 2.06. The van der Waals surface area contributed by atoms with Gasteiger partial charge < -0.3 is 0 Å². The van der Waals surface area contributed by atoms with E-state index in [1.165, 1.54) is 0 Å². The lowest BCUT2D eigenvalue weighted by Crippen LogP contribution is -2.08. The molecule has 2 rings (SSSR count). The Morgan fingerprint density at radius 1 is 1.05 bits per heavy atom. The Morgan fingerprint density at radius 3 is 2.25 bits per heavy atom. The van der Waals surface area contributed by atoms with Crippen LogP contribution in [0.3, 0.4) is 0 Å². The summed E-state index contributed by atoms with van der Waals surface area (Å²) in [7, 11) is -3.50. The van der Waals surface area contributed by atoms with Gasteiger partial charge in [0.25, 0.3) is 0 Å². The number of alkyl halides is 1. The van der Waals surface area contributed by atoms with Crippen LogP contribution in [0.2, 0.25) is 0 Å². The molecule has 0 spiro atoms. The van der Waals surface area contributed by atoms with E-state index >= 15 is 0 Å². The predicted molar refractivity (Wildman–Crippen MR) is 82.2 cm³/mol. The highest BCUT2D eigenvalue weighted by Crippen LogP contribution is 2.29. The van der Waals surface area contributed by atoms with E-state index in [-0.39, 0.29) is 5.92 Å². The molecule has 0 aliphatic carbocycles. The fourth-order valence-corrected chi connectivity index (χ4v) is 3.81. The van der Waals surface area contributed by atoms with Crippen LogP contribution in [0.5, 0.6) is 0 Å². The minimum absolute atomic E-state index is 0.00640. The van der Waals surface area contributed by atoms with Crippen LogP contribution in [0.4, 0.5) is 0 Å². The zero-order valence-corrected chi connectivity index (χ0v) is 13.1. The quantitative estimate of drug-likeness (QED) is 0.794. The molecule has 2 nitrogen and oxygen atoms in total. The summed E-state index contributed by atoms with van der Waals surface area (Å²) in [5, 5.41) is 0. The van der Waals surface area contributed by atoms with Gasteiger partial charge in [-0.15, -0.1) is 11.6 Å². The molecule has 20 heavy (non-hydrogen) atoms. The number of hydrogen-bond donors (Lipinski definition) is 0. The van der Waals surface area contributed by atoms with E-state index in [1.807, 2.05) is 26.0 Å². The van der Waals surface area contributed by atoms with Gasteiger partial charge in [-0.3, -0.25) is 0 Å². The van der Waals surface area contributed by atoms with E-state index < -0.39 is 9.84 Å². The molecule has 106 valence electrons. The highest BCUT2D eigenvalue weighted by Gasteiger charge is 2.22. The second-order valence-electron chi connectivity index (χ2n) is 4.91. The molecule has 0 amide bonds. The van der Waals surface area contributed by atoms with E-state index in [0.717, 1.165) is 11.1 Å². The molecule has 0 radical (unpaired) electrons. The molecule has 0 aliphatic heterocycles. The smallest absolute Gasteiger partial charge is 0.206 e. The molecule has 2 aromatic carbocycles. The van der Waals surface area contributed by atoms with Crippen molar-refractivity contribution in [1.82, 2.24) is 0 Å². The van der Waals surface area contributed by atoms with Gasteiger partial charge in [-0.2, -0.15) is 0 Å². The first-order chi connectivity index (χ1) is 9.46. The maximum Gasteiger partial charge on any atom is 0.206 e. The molecule has 1 atom stereocenters. The van der Waals surface area contributed by atoms with Gasteiger partial charge in [0, 0.05) is 5.88 Å². The molecule has 2 aromatic rings. The molecule has 0 aromatic heterocycles. The first-order valence-electron chi connectivity index (χ1n) is 6.43. The van der Waals surface area contributed by atoms with Gasteiger partial charge in [0.05, 0.1) is 9.79 Å². The normalized spacial score (nSPS) is 13.2. The molecular formula is C16H17ClO2S. The minimum atomic E-state index is -3.50. The Hall–Kier alpha value is -1.32. The first-order valence-corrected chi connectivity index (χ1v) is 8.45. The van der Waals surface area contributed by atoms with Crippen molar-refractivity contribution in [3.8, 4) is 0 Å². The minimum Gasteiger partial charge on any atom is -0.219 e. The zero-order chi connectivity index (χ0) is 14.8. The summed E-state index contributed by atoms with van der Waals surface area (Å²) in [6.45, 7) is 3.86. The van der Waals surface area contributed by atoms with Gasteiger partial charge in [0.2, 0.25) is 9.84 Å². The molecule has 0 aliphatic rings. The van der Waals surface area contributed by atoms with Gasteiger partial charge in [0.1, 0.15) is 0 Å². The summed E-state index contributed by atoms with van der Waals surface area (Å²) in [6.07, 6.45) is 0. The largest absolute Gasteiger partial charge is 0.219 e. The van der Waals surface area contributed by atoms with Crippen LogP contribution in [0.25, 0.3) is 0 Å². The van der Waals surface area contributed by atoms with Crippen molar-refractivity contribution in [2.75, 3.05) is 5.88 Å². The third-order valence-electron chi connectivity index (χ3n) is 3.30. The summed E-state index contributed by atoms with van der Waals surface area (Å²) < 4.78 is 25.5. The Labute approximate surface area is 125 Å². The number of hydrogen-bond acceptors (Lipinski definition) is 2. The molecule has 0 N–H and O–H groups in total. The van der Waals surface area contributed by atoms with Crippen molar-refractivity contribution in [1.29, 1.82) is 0 Å². The standard InChI is InChI=1S/C16H17ClO2S/c1-12-7-9-14(10-8-12)20(18,19)16-6-4-3-5-15(16)13(2)11-17/h3-10,13H,11H2,1-2H3. The molecular weight excluding hydrogens is 292 g/mol. The van der Waals surface area contributed by atoms with Crippen molar-refractivity contribution in [2.45, 2.75) is 29.6 Å². The van der Waals surface area contributed by atoms with Crippen molar-refractivity contribution >= 4 is 21.4 Å². The molecule has 4 heteroatoms. The molecule has 0 fully saturated rings. The second kappa shape index (κ2) is 5.98. The first kappa shape index (κ1) is 15.1. The van der Waals surface area contributed by atoms with Crippen LogP contribution in [0.15, 0.2) is 58.3 Å². The average Bonchev–Trinajstić information content (AvgIpc) is 2.47. The lowest BCUT2D eigenvalue weighted by Gasteiger charge is -2.14. The van der Waals surface area contributed by atoms with Crippen molar-refractivity contribution < 1.29 is 8.42 Å². The third-order valence-corrected chi connectivity index (χ3v) is 5.61. The number of aryl methyl sites for hydroxylation is 1. The Balaban J connectivity index is 2.58. The summed E-state index contributed by atoms with van der Waals surface area (Å²) in [5.74, 6) is 0.383. The molecule has 0 heterocycles. The molecule has 0 saturated carbocycles. The van der Waals surface area contributed by atoms with Gasteiger partial charge in [-0.25, -0.2) is 8.42 Å². The predicted octanol–water partition coefficient (Wildman–Crippen LogP) is 4.17. The Kier molecular flexibility index (Phi) is 4.51. The highest BCUT2D eigenvalue weighted by atomic mass is 35.5. The van der Waals surface area contributed by atoms with Gasteiger partial charge in [-0.1, -0.05) is 42.8 Å². The summed E-state index contributed by atoms with van der Waals surface area (Å²) in [5.41, 5.74) is 1.80. The highest BCUT2D eigenvalue weighted by molar-refractivity contribution is 7.91. The summed E-state index contributed by atoms with van der Waals surface area (Å²) >= 11 is 5.88. The SMILES string of the molecule is Cc1ccc(S(=O)(=O)c2ccccc2C(C)CCl)cc1. The Morgan fingerprint density at radius 2 is 1.65 bits per heavy atom. The number of halogens is 1. The zero-order valence-electron chi connectivity index (χ0n) is 11.5. The Bertz CT molecular complexity index is 691. The maximum atomic E-state index is 12.7. The maximum absolute atomic E-state index is 12.7. The van der Waals surface area contributed by atoms with Crippen molar-refractivity contribution in [3.63, 3.8) is 0 Å². The summed E-state index contributed by atoms with van der Waals surface area (Å²) in [6, 6.07) is 14.0. The number of sulfone groups is 1. The average molecular weight is 309 g/mol. The van der Waals surface area contributed by atoms with Crippen LogP contribution < -0.4 is 0 Å². The van der Waals surface area contributed by atoms with Crippen LogP contribution in [0, 0.1) is 6.92 Å². The van der Waals surface area contributed by atoms with Crippen LogP contribution in [-0.2, 0) is 9.84 Å². The second-order valence-corrected chi connectivity index (χ2v) is 7.14. The van der Waals surface area contributed by atoms with E-state index in [4.69, 9.17) is 11.6 Å². The lowest BCUT2D eigenvalue weighted by molar-refractivity contribution is 0.594. The van der Waals surface area contributed by atoms with E-state index in [1.54, 1.807) is 36.4 Å². The number of rotatable bonds is 4. The third kappa shape index (κ3) is 2.89. The van der Waals surface area contributed by atoms with Crippen LogP contribution in [0.1, 0.15) is 24.0 Å². The van der Waals surface area contributed by atoms with Gasteiger partial charge in [-0.05, 0) is 36.6 Å². The topological polar surface area (TPSA) is 34.1 Å². The fraction of sp³-hybridized carbons (Fsp3) is 0.250. The van der Waals surface area contributed by atoms with E-state index in [9.17, 15) is 8.42 Å². The van der Waals surface area contributed by atoms with Crippen LogP contribution >= 0.6 is 11.6 Å². The number of benzene rings is 2. The summed E-state index contributed by atoms with van der Waals surface area (Å²) in [4.78, 5) is 0.661.